The van der Waals surface area contributed by atoms with Crippen LogP contribution in [0.1, 0.15) is 48.6 Å². The minimum absolute atomic E-state index is 0.00154. The minimum atomic E-state index is -0.536. The van der Waals surface area contributed by atoms with Gasteiger partial charge in [0.25, 0.3) is 5.91 Å². The van der Waals surface area contributed by atoms with E-state index < -0.39 is 6.10 Å². The van der Waals surface area contributed by atoms with Gasteiger partial charge in [0.05, 0.1) is 6.04 Å². The van der Waals surface area contributed by atoms with E-state index in [1.54, 1.807) is 6.92 Å². The van der Waals surface area contributed by atoms with Gasteiger partial charge in [-0.2, -0.15) is 0 Å². The number of carbonyl (C=O) groups is 1. The van der Waals surface area contributed by atoms with Crippen LogP contribution in [0.3, 0.4) is 0 Å². The zero-order valence-corrected chi connectivity index (χ0v) is 15.2. The number of ether oxygens (including phenoxy) is 1. The molecule has 1 amide bonds. The maximum atomic E-state index is 12.5. The van der Waals surface area contributed by atoms with Crippen LogP contribution >= 0.6 is 0 Å². The molecule has 0 radical (unpaired) electrons. The Morgan fingerprint density at radius 2 is 1.79 bits per heavy atom. The molecule has 24 heavy (non-hydrogen) atoms. The van der Waals surface area contributed by atoms with Gasteiger partial charge in [0.1, 0.15) is 5.75 Å². The molecule has 3 nitrogen and oxygen atoms in total. The second kappa shape index (κ2) is 8.00. The van der Waals surface area contributed by atoms with E-state index >= 15 is 0 Å². The first-order valence-corrected chi connectivity index (χ1v) is 8.51. The maximum absolute atomic E-state index is 12.5. The van der Waals surface area contributed by atoms with Gasteiger partial charge >= 0.3 is 0 Å². The average Bonchev–Trinajstić information content (AvgIpc) is 2.53. The molecule has 128 valence electrons. The van der Waals surface area contributed by atoms with Crippen LogP contribution in [0.5, 0.6) is 5.75 Å². The summed E-state index contributed by atoms with van der Waals surface area (Å²) in [6.07, 6.45) is 0.305. The lowest BCUT2D eigenvalue weighted by Crippen LogP contribution is -2.38. The summed E-state index contributed by atoms with van der Waals surface area (Å²) in [6, 6.07) is 14.1. The average molecular weight is 325 g/mol. The topological polar surface area (TPSA) is 38.3 Å². The van der Waals surface area contributed by atoms with Gasteiger partial charge in [0.15, 0.2) is 6.10 Å². The van der Waals surface area contributed by atoms with Gasteiger partial charge in [-0.1, -0.05) is 42.8 Å². The molecule has 2 atom stereocenters. The van der Waals surface area contributed by atoms with Gasteiger partial charge in [-0.05, 0) is 62.9 Å². The lowest BCUT2D eigenvalue weighted by molar-refractivity contribution is -0.128. The summed E-state index contributed by atoms with van der Waals surface area (Å²) in [6.45, 7) is 10.0. The van der Waals surface area contributed by atoms with Crippen molar-refractivity contribution in [1.29, 1.82) is 0 Å². The molecule has 1 N–H and O–H groups in total. The van der Waals surface area contributed by atoms with E-state index in [1.165, 1.54) is 16.7 Å². The molecule has 2 aromatic carbocycles. The first kappa shape index (κ1) is 18.1. The van der Waals surface area contributed by atoms with Crippen LogP contribution in [0, 0.1) is 20.8 Å². The van der Waals surface area contributed by atoms with Crippen molar-refractivity contribution in [2.24, 2.45) is 0 Å². The van der Waals surface area contributed by atoms with Crippen LogP contribution in [-0.2, 0) is 4.79 Å². The summed E-state index contributed by atoms with van der Waals surface area (Å²) in [5.74, 6) is 0.626. The summed E-state index contributed by atoms with van der Waals surface area (Å²) in [4.78, 5) is 12.5. The molecule has 0 fully saturated rings. The molecule has 0 aromatic heterocycles. The van der Waals surface area contributed by atoms with Crippen LogP contribution in [0.2, 0.25) is 0 Å². The van der Waals surface area contributed by atoms with Crippen molar-refractivity contribution < 1.29 is 9.53 Å². The molecule has 0 saturated carbocycles. The highest BCUT2D eigenvalue weighted by Gasteiger charge is 2.20. The van der Waals surface area contributed by atoms with Crippen molar-refractivity contribution in [3.05, 3.63) is 64.7 Å². The van der Waals surface area contributed by atoms with E-state index in [2.05, 4.69) is 44.3 Å². The zero-order chi connectivity index (χ0) is 17.7. The van der Waals surface area contributed by atoms with Crippen molar-refractivity contribution >= 4 is 5.91 Å². The fraction of sp³-hybridized carbons (Fsp3) is 0.381. The Morgan fingerprint density at radius 3 is 2.42 bits per heavy atom. The SMILES string of the molecule is CC[C@@H](NC(=O)[C@H](C)Oc1cccc(C)c1)c1ccc(C)cc1C. The molecule has 2 aromatic rings. The van der Waals surface area contributed by atoms with Crippen LogP contribution in [0.25, 0.3) is 0 Å². The predicted molar refractivity (Wildman–Crippen MR) is 98.4 cm³/mol. The summed E-state index contributed by atoms with van der Waals surface area (Å²) < 4.78 is 5.78. The highest BCUT2D eigenvalue weighted by atomic mass is 16.5. The fourth-order valence-corrected chi connectivity index (χ4v) is 2.85. The number of nitrogens with one attached hydrogen (secondary N) is 1. The third-order valence-electron chi connectivity index (χ3n) is 4.20. The molecule has 0 spiro atoms. The van der Waals surface area contributed by atoms with Crippen molar-refractivity contribution in [3.8, 4) is 5.75 Å². The normalized spacial score (nSPS) is 13.2. The van der Waals surface area contributed by atoms with E-state index in [0.717, 1.165) is 17.7 Å². The molecule has 0 heterocycles. The Balaban J connectivity index is 2.05. The molecule has 0 saturated heterocycles. The highest BCUT2D eigenvalue weighted by molar-refractivity contribution is 5.81. The summed E-state index contributed by atoms with van der Waals surface area (Å²) >= 11 is 0. The monoisotopic (exact) mass is 325 g/mol. The molecule has 0 unspecified atom stereocenters. The van der Waals surface area contributed by atoms with Crippen LogP contribution in [-0.4, -0.2) is 12.0 Å². The highest BCUT2D eigenvalue weighted by Crippen LogP contribution is 2.22. The lowest BCUT2D eigenvalue weighted by atomic mass is 9.97. The van der Waals surface area contributed by atoms with Gasteiger partial charge < -0.3 is 10.1 Å². The zero-order valence-electron chi connectivity index (χ0n) is 15.2. The number of hydrogen-bond donors (Lipinski definition) is 1. The number of rotatable bonds is 6. The van der Waals surface area contributed by atoms with E-state index in [1.807, 2.05) is 31.2 Å². The Hall–Kier alpha value is -2.29. The maximum Gasteiger partial charge on any atom is 0.261 e. The van der Waals surface area contributed by atoms with Gasteiger partial charge in [-0.25, -0.2) is 0 Å². The number of amides is 1. The lowest BCUT2D eigenvalue weighted by Gasteiger charge is -2.22. The van der Waals surface area contributed by atoms with Gasteiger partial charge in [0.2, 0.25) is 0 Å². The van der Waals surface area contributed by atoms with E-state index in [4.69, 9.17) is 4.74 Å². The molecular formula is C21H27NO2. The van der Waals surface area contributed by atoms with Crippen molar-refractivity contribution in [2.45, 2.75) is 53.2 Å². The third kappa shape index (κ3) is 4.60. The molecule has 3 heteroatoms. The molecular weight excluding hydrogens is 298 g/mol. The Bertz CT molecular complexity index is 709. The van der Waals surface area contributed by atoms with Gasteiger partial charge in [0, 0.05) is 0 Å². The standard InChI is InChI=1S/C21H27NO2/c1-6-20(19-11-10-15(3)12-16(19)4)22-21(23)17(5)24-18-9-7-8-14(2)13-18/h7-13,17,20H,6H2,1-5H3,(H,22,23)/t17-,20+/m0/s1. The molecule has 0 aliphatic heterocycles. The van der Waals surface area contributed by atoms with Crippen LogP contribution in [0.4, 0.5) is 0 Å². The van der Waals surface area contributed by atoms with Gasteiger partial charge in [-0.15, -0.1) is 0 Å². The summed E-state index contributed by atoms with van der Waals surface area (Å²) in [5, 5.41) is 3.11. The Morgan fingerprint density at radius 1 is 1.08 bits per heavy atom. The van der Waals surface area contributed by atoms with Crippen LogP contribution < -0.4 is 10.1 Å². The van der Waals surface area contributed by atoms with Crippen molar-refractivity contribution in [2.75, 3.05) is 0 Å². The Labute approximate surface area is 145 Å². The second-order valence-corrected chi connectivity index (χ2v) is 6.41. The fourth-order valence-electron chi connectivity index (χ4n) is 2.85. The number of hydrogen-bond acceptors (Lipinski definition) is 2. The molecule has 2 rings (SSSR count). The third-order valence-corrected chi connectivity index (χ3v) is 4.20. The quantitative estimate of drug-likeness (QED) is 0.840. The largest absolute Gasteiger partial charge is 0.481 e. The minimum Gasteiger partial charge on any atom is -0.481 e. The number of benzene rings is 2. The Kier molecular flexibility index (Phi) is 6.02. The van der Waals surface area contributed by atoms with E-state index in [0.29, 0.717) is 0 Å². The molecule has 0 bridgehead atoms. The smallest absolute Gasteiger partial charge is 0.261 e. The molecule has 0 aliphatic rings. The number of aryl methyl sites for hydroxylation is 3. The first-order chi connectivity index (χ1) is 11.4. The first-order valence-electron chi connectivity index (χ1n) is 8.51. The van der Waals surface area contributed by atoms with Crippen molar-refractivity contribution in [1.82, 2.24) is 5.32 Å². The van der Waals surface area contributed by atoms with Crippen molar-refractivity contribution in [3.63, 3.8) is 0 Å². The van der Waals surface area contributed by atoms with E-state index in [-0.39, 0.29) is 11.9 Å². The summed E-state index contributed by atoms with van der Waals surface area (Å²) in [5.41, 5.74) is 4.71. The second-order valence-electron chi connectivity index (χ2n) is 6.41. The van der Waals surface area contributed by atoms with Crippen LogP contribution in [0.15, 0.2) is 42.5 Å². The number of carbonyl (C=O) groups excluding carboxylic acids is 1. The van der Waals surface area contributed by atoms with E-state index in [9.17, 15) is 4.79 Å². The molecule has 0 aliphatic carbocycles. The predicted octanol–water partition coefficient (Wildman–Crippen LogP) is 4.65. The summed E-state index contributed by atoms with van der Waals surface area (Å²) in [7, 11) is 0. The van der Waals surface area contributed by atoms with Gasteiger partial charge in [-0.3, -0.25) is 4.79 Å².